The van der Waals surface area contributed by atoms with E-state index in [4.69, 9.17) is 28.4 Å². The van der Waals surface area contributed by atoms with E-state index in [9.17, 15) is 9.90 Å². The molecular formula is C24H36O8. The lowest BCUT2D eigenvalue weighted by molar-refractivity contribution is -0.217. The van der Waals surface area contributed by atoms with Crippen LogP contribution < -0.4 is 0 Å². The minimum atomic E-state index is -0.874. The number of carbonyl (C=O) groups is 1. The van der Waals surface area contributed by atoms with E-state index in [0.717, 1.165) is 51.4 Å². The first-order valence-electron chi connectivity index (χ1n) is 12.4. The molecule has 5 aliphatic rings. The summed E-state index contributed by atoms with van der Waals surface area (Å²) in [7, 11) is 0. The van der Waals surface area contributed by atoms with Crippen molar-refractivity contribution < 1.29 is 38.3 Å². The number of epoxide rings is 1. The molecule has 0 amide bonds. The van der Waals surface area contributed by atoms with E-state index in [1.807, 2.05) is 0 Å². The number of esters is 1. The quantitative estimate of drug-likeness (QED) is 0.373. The fourth-order valence-electron chi connectivity index (χ4n) is 5.73. The number of carbonyl (C=O) groups excluding carboxylic acids is 1. The van der Waals surface area contributed by atoms with Crippen LogP contribution >= 0.6 is 0 Å². The lowest BCUT2D eigenvalue weighted by Crippen LogP contribution is -2.47. The molecule has 3 saturated heterocycles. The molecule has 180 valence electrons. The molecule has 5 fully saturated rings. The standard InChI is InChI=1S/C24H36O8/c1-2-27-18(25)10-9-16-20(29-16)22-21(31-24(32-22)13-7-4-8-14-24)19(26)17-15-28-23(30-17)11-5-3-6-12-23/h9-10,16-17,19-22,26H,2-8,11-15H2,1H3/b10-9+/t16-,17-,19+,20+,21-,22+/m1/s1. The molecule has 2 aliphatic carbocycles. The van der Waals surface area contributed by atoms with Crippen LogP contribution in [0.3, 0.4) is 0 Å². The van der Waals surface area contributed by atoms with Crippen molar-refractivity contribution in [3.05, 3.63) is 12.2 Å². The van der Waals surface area contributed by atoms with Crippen molar-refractivity contribution in [2.24, 2.45) is 0 Å². The van der Waals surface area contributed by atoms with Gasteiger partial charge < -0.3 is 33.5 Å². The predicted octanol–water partition coefficient (Wildman–Crippen LogP) is 2.75. The zero-order valence-corrected chi connectivity index (χ0v) is 18.9. The molecule has 2 spiro atoms. The van der Waals surface area contributed by atoms with Crippen LogP contribution in [0.4, 0.5) is 0 Å². The topological polar surface area (TPSA) is 96.0 Å². The molecule has 8 nitrogen and oxygen atoms in total. The highest BCUT2D eigenvalue weighted by molar-refractivity contribution is 5.82. The van der Waals surface area contributed by atoms with Gasteiger partial charge in [-0.05, 0) is 38.7 Å². The Hall–Kier alpha value is -1.03. The summed E-state index contributed by atoms with van der Waals surface area (Å²) in [4.78, 5) is 11.6. The van der Waals surface area contributed by atoms with Gasteiger partial charge in [-0.15, -0.1) is 0 Å². The molecule has 0 bridgehead atoms. The minimum absolute atomic E-state index is 0.258. The third-order valence-corrected chi connectivity index (χ3v) is 7.44. The van der Waals surface area contributed by atoms with E-state index < -0.39 is 36.0 Å². The van der Waals surface area contributed by atoms with E-state index in [-0.39, 0.29) is 18.2 Å². The second-order valence-corrected chi connectivity index (χ2v) is 9.74. The molecule has 3 heterocycles. The maximum Gasteiger partial charge on any atom is 0.330 e. The van der Waals surface area contributed by atoms with Crippen LogP contribution in [0.1, 0.15) is 71.1 Å². The third-order valence-electron chi connectivity index (χ3n) is 7.44. The Bertz CT molecular complexity index is 696. The molecule has 0 aromatic heterocycles. The van der Waals surface area contributed by atoms with Crippen molar-refractivity contribution in [3.8, 4) is 0 Å². The molecule has 0 aromatic rings. The van der Waals surface area contributed by atoms with Crippen molar-refractivity contribution in [2.45, 2.75) is 119 Å². The predicted molar refractivity (Wildman–Crippen MR) is 113 cm³/mol. The Kier molecular flexibility index (Phi) is 6.62. The smallest absolute Gasteiger partial charge is 0.330 e. The summed E-state index contributed by atoms with van der Waals surface area (Å²) in [5.74, 6) is -1.61. The first-order valence-corrected chi connectivity index (χ1v) is 12.4. The van der Waals surface area contributed by atoms with Crippen LogP contribution in [-0.4, -0.2) is 72.5 Å². The number of hydrogen-bond donors (Lipinski definition) is 1. The molecule has 3 aliphatic heterocycles. The van der Waals surface area contributed by atoms with Gasteiger partial charge in [0.2, 0.25) is 0 Å². The molecule has 32 heavy (non-hydrogen) atoms. The van der Waals surface area contributed by atoms with E-state index in [1.54, 1.807) is 13.0 Å². The highest BCUT2D eigenvalue weighted by atomic mass is 16.8. The number of aliphatic hydroxyl groups excluding tert-OH is 1. The van der Waals surface area contributed by atoms with Gasteiger partial charge in [0, 0.05) is 31.8 Å². The molecule has 6 atom stereocenters. The van der Waals surface area contributed by atoms with E-state index in [1.165, 1.54) is 18.9 Å². The Morgan fingerprint density at radius 2 is 1.69 bits per heavy atom. The fraction of sp³-hybridized carbons (Fsp3) is 0.875. The van der Waals surface area contributed by atoms with Gasteiger partial charge in [0.05, 0.1) is 13.2 Å². The molecule has 1 N–H and O–H groups in total. The number of ether oxygens (including phenoxy) is 6. The SMILES string of the molecule is CCOC(=O)/C=C/[C@H]1O[C@@H]1[C@@H]1OC2(CCCCC2)O[C@@H]1[C@@H](O)[C@H]1COC2(CCCCC2)O1. The molecule has 8 heteroatoms. The van der Waals surface area contributed by atoms with E-state index in [0.29, 0.717) is 13.2 Å². The average Bonchev–Trinajstić information content (AvgIpc) is 3.34. The Balaban J connectivity index is 1.27. The lowest BCUT2D eigenvalue weighted by atomic mass is 9.94. The Labute approximate surface area is 189 Å². The Morgan fingerprint density at radius 3 is 2.38 bits per heavy atom. The second kappa shape index (κ2) is 9.31. The van der Waals surface area contributed by atoms with Gasteiger partial charge in [-0.2, -0.15) is 0 Å². The van der Waals surface area contributed by atoms with Gasteiger partial charge >= 0.3 is 5.97 Å². The van der Waals surface area contributed by atoms with E-state index >= 15 is 0 Å². The van der Waals surface area contributed by atoms with Gasteiger partial charge in [-0.25, -0.2) is 4.79 Å². The lowest BCUT2D eigenvalue weighted by Gasteiger charge is -2.34. The molecule has 0 aromatic carbocycles. The maximum absolute atomic E-state index is 11.6. The summed E-state index contributed by atoms with van der Waals surface area (Å²) in [5, 5.41) is 11.3. The first-order chi connectivity index (χ1) is 15.5. The van der Waals surface area contributed by atoms with Crippen LogP contribution in [0, 0.1) is 0 Å². The second-order valence-electron chi connectivity index (χ2n) is 9.74. The highest BCUT2D eigenvalue weighted by Crippen LogP contribution is 2.47. The van der Waals surface area contributed by atoms with Crippen LogP contribution in [-0.2, 0) is 33.2 Å². The number of hydrogen-bond acceptors (Lipinski definition) is 8. The summed E-state index contributed by atoms with van der Waals surface area (Å²) in [6, 6.07) is 0. The minimum Gasteiger partial charge on any atom is -0.463 e. The van der Waals surface area contributed by atoms with Gasteiger partial charge in [-0.1, -0.05) is 12.8 Å². The van der Waals surface area contributed by atoms with Gasteiger partial charge in [0.25, 0.3) is 0 Å². The third kappa shape index (κ3) is 4.63. The first kappa shape index (κ1) is 22.7. The van der Waals surface area contributed by atoms with Crippen LogP contribution in [0.2, 0.25) is 0 Å². The van der Waals surface area contributed by atoms with Gasteiger partial charge in [-0.3, -0.25) is 0 Å². The largest absolute Gasteiger partial charge is 0.463 e. The van der Waals surface area contributed by atoms with Crippen molar-refractivity contribution in [1.82, 2.24) is 0 Å². The van der Waals surface area contributed by atoms with Crippen LogP contribution in [0.5, 0.6) is 0 Å². The van der Waals surface area contributed by atoms with Crippen molar-refractivity contribution in [1.29, 1.82) is 0 Å². The molecule has 2 saturated carbocycles. The van der Waals surface area contributed by atoms with Crippen LogP contribution in [0.15, 0.2) is 12.2 Å². The molecule has 0 radical (unpaired) electrons. The van der Waals surface area contributed by atoms with Crippen LogP contribution in [0.25, 0.3) is 0 Å². The summed E-state index contributed by atoms with van der Waals surface area (Å²) in [6.07, 6.45) is 10.3. The monoisotopic (exact) mass is 452 g/mol. The van der Waals surface area contributed by atoms with Crippen molar-refractivity contribution in [3.63, 3.8) is 0 Å². The number of rotatable bonds is 6. The highest BCUT2D eigenvalue weighted by Gasteiger charge is 2.60. The number of aliphatic hydroxyl groups is 1. The van der Waals surface area contributed by atoms with E-state index in [2.05, 4.69) is 0 Å². The van der Waals surface area contributed by atoms with Crippen molar-refractivity contribution in [2.75, 3.05) is 13.2 Å². The normalized spacial score (nSPS) is 39.0. The summed E-state index contributed by atoms with van der Waals surface area (Å²) in [5.41, 5.74) is 0. The fourth-order valence-corrected chi connectivity index (χ4v) is 5.73. The summed E-state index contributed by atoms with van der Waals surface area (Å²) >= 11 is 0. The van der Waals surface area contributed by atoms with Gasteiger partial charge in [0.1, 0.15) is 36.6 Å². The Morgan fingerprint density at radius 1 is 1.00 bits per heavy atom. The summed E-state index contributed by atoms with van der Waals surface area (Å²) in [6.45, 7) is 2.46. The zero-order chi connectivity index (χ0) is 22.2. The summed E-state index contributed by atoms with van der Waals surface area (Å²) < 4.78 is 36.1. The molecule has 5 rings (SSSR count). The van der Waals surface area contributed by atoms with Crippen molar-refractivity contribution >= 4 is 5.97 Å². The van der Waals surface area contributed by atoms with Gasteiger partial charge in [0.15, 0.2) is 11.6 Å². The molecular weight excluding hydrogens is 416 g/mol. The molecule has 0 unspecified atom stereocenters. The zero-order valence-electron chi connectivity index (χ0n) is 18.9. The average molecular weight is 453 g/mol. The maximum atomic E-state index is 11.6.